The van der Waals surface area contributed by atoms with Gasteiger partial charge in [0.05, 0.1) is 6.61 Å². The zero-order chi connectivity index (χ0) is 10.6. The molecular formula is C11H16ClNO. The first kappa shape index (κ1) is 11.5. The van der Waals surface area contributed by atoms with Gasteiger partial charge in [0.25, 0.3) is 0 Å². The molecule has 2 N–H and O–H groups in total. The Morgan fingerprint density at radius 3 is 2.86 bits per heavy atom. The summed E-state index contributed by atoms with van der Waals surface area (Å²) >= 11 is 5.99. The maximum atomic E-state index is 8.85. The molecule has 1 unspecified atom stereocenters. The minimum atomic E-state index is 0.119. The van der Waals surface area contributed by atoms with Crippen molar-refractivity contribution >= 4 is 11.6 Å². The molecule has 0 bridgehead atoms. The number of rotatable bonds is 4. The van der Waals surface area contributed by atoms with Crippen molar-refractivity contribution < 1.29 is 5.11 Å². The summed E-state index contributed by atoms with van der Waals surface area (Å²) in [5.41, 5.74) is 2.28. The maximum absolute atomic E-state index is 8.85. The van der Waals surface area contributed by atoms with E-state index in [2.05, 4.69) is 5.32 Å². The van der Waals surface area contributed by atoms with Gasteiger partial charge in [-0.3, -0.25) is 0 Å². The summed E-state index contributed by atoms with van der Waals surface area (Å²) in [6.07, 6.45) is 0. The average Bonchev–Trinajstić information content (AvgIpc) is 2.20. The summed E-state index contributed by atoms with van der Waals surface area (Å²) in [4.78, 5) is 0. The highest BCUT2D eigenvalue weighted by molar-refractivity contribution is 6.31. The van der Waals surface area contributed by atoms with Crippen molar-refractivity contribution in [1.29, 1.82) is 0 Å². The first-order chi connectivity index (χ1) is 6.65. The minimum Gasteiger partial charge on any atom is -0.395 e. The van der Waals surface area contributed by atoms with Crippen LogP contribution in [0, 0.1) is 6.92 Å². The van der Waals surface area contributed by atoms with Crippen LogP contribution in [0.25, 0.3) is 0 Å². The van der Waals surface area contributed by atoms with Crippen LogP contribution in [0.15, 0.2) is 18.2 Å². The Kier molecular flexibility index (Phi) is 4.39. The number of aliphatic hydroxyl groups is 1. The lowest BCUT2D eigenvalue weighted by Gasteiger charge is -2.12. The predicted octanol–water partition coefficient (Wildman–Crippen LogP) is 2.12. The topological polar surface area (TPSA) is 32.3 Å². The molecule has 1 aromatic carbocycles. The SMILES string of the molecule is Cc1c(Cl)cccc1CNC(C)CO. The fraction of sp³-hybridized carbons (Fsp3) is 0.455. The van der Waals surface area contributed by atoms with Crippen molar-refractivity contribution in [2.45, 2.75) is 26.4 Å². The normalized spacial score (nSPS) is 12.9. The monoisotopic (exact) mass is 213 g/mol. The van der Waals surface area contributed by atoms with Gasteiger partial charge in [-0.1, -0.05) is 23.7 Å². The highest BCUT2D eigenvalue weighted by atomic mass is 35.5. The second-order valence-electron chi connectivity index (χ2n) is 3.49. The summed E-state index contributed by atoms with van der Waals surface area (Å²) in [6, 6.07) is 5.98. The standard InChI is InChI=1S/C11H16ClNO/c1-8(7-14)13-6-10-4-3-5-11(12)9(10)2/h3-5,8,13-14H,6-7H2,1-2H3. The minimum absolute atomic E-state index is 0.119. The molecule has 0 aliphatic heterocycles. The van der Waals surface area contributed by atoms with Crippen molar-refractivity contribution in [2.75, 3.05) is 6.61 Å². The molecule has 2 nitrogen and oxygen atoms in total. The summed E-state index contributed by atoms with van der Waals surface area (Å²) in [6.45, 7) is 4.84. The van der Waals surface area contributed by atoms with Crippen molar-refractivity contribution in [1.82, 2.24) is 5.32 Å². The van der Waals surface area contributed by atoms with Gasteiger partial charge in [0, 0.05) is 17.6 Å². The van der Waals surface area contributed by atoms with Gasteiger partial charge in [0.2, 0.25) is 0 Å². The van der Waals surface area contributed by atoms with Gasteiger partial charge in [-0.2, -0.15) is 0 Å². The van der Waals surface area contributed by atoms with E-state index in [0.717, 1.165) is 17.1 Å². The number of hydrogen-bond acceptors (Lipinski definition) is 2. The van der Waals surface area contributed by atoms with E-state index in [1.165, 1.54) is 5.56 Å². The number of hydrogen-bond donors (Lipinski definition) is 2. The van der Waals surface area contributed by atoms with E-state index in [1.807, 2.05) is 32.0 Å². The third kappa shape index (κ3) is 2.98. The van der Waals surface area contributed by atoms with Gasteiger partial charge in [-0.05, 0) is 31.0 Å². The molecule has 1 atom stereocenters. The summed E-state index contributed by atoms with van der Waals surface area (Å²) < 4.78 is 0. The van der Waals surface area contributed by atoms with Crippen molar-refractivity contribution in [2.24, 2.45) is 0 Å². The van der Waals surface area contributed by atoms with E-state index in [1.54, 1.807) is 0 Å². The quantitative estimate of drug-likeness (QED) is 0.803. The molecule has 0 spiro atoms. The van der Waals surface area contributed by atoms with Crippen LogP contribution < -0.4 is 5.32 Å². The Balaban J connectivity index is 2.63. The first-order valence-corrected chi connectivity index (χ1v) is 5.11. The fourth-order valence-electron chi connectivity index (χ4n) is 1.19. The highest BCUT2D eigenvalue weighted by Crippen LogP contribution is 2.18. The highest BCUT2D eigenvalue weighted by Gasteiger charge is 2.03. The molecule has 0 fully saturated rings. The Bertz CT molecular complexity index is 301. The van der Waals surface area contributed by atoms with Gasteiger partial charge in [-0.25, -0.2) is 0 Å². The molecule has 3 heteroatoms. The lowest BCUT2D eigenvalue weighted by Crippen LogP contribution is -2.28. The molecule has 78 valence electrons. The predicted molar refractivity (Wildman–Crippen MR) is 59.6 cm³/mol. The molecule has 0 saturated heterocycles. The van der Waals surface area contributed by atoms with Crippen LogP contribution in [0.5, 0.6) is 0 Å². The van der Waals surface area contributed by atoms with Crippen molar-refractivity contribution in [3.8, 4) is 0 Å². The average molecular weight is 214 g/mol. The van der Waals surface area contributed by atoms with Gasteiger partial charge in [-0.15, -0.1) is 0 Å². The second-order valence-corrected chi connectivity index (χ2v) is 3.90. The van der Waals surface area contributed by atoms with Crippen LogP contribution in [0.3, 0.4) is 0 Å². The van der Waals surface area contributed by atoms with Gasteiger partial charge >= 0.3 is 0 Å². The van der Waals surface area contributed by atoms with Crippen LogP contribution in [0.2, 0.25) is 5.02 Å². The summed E-state index contributed by atoms with van der Waals surface area (Å²) in [5.74, 6) is 0. The van der Waals surface area contributed by atoms with Gasteiger partial charge in [0.1, 0.15) is 0 Å². The third-order valence-corrected chi connectivity index (χ3v) is 2.70. The Labute approximate surface area is 89.9 Å². The molecule has 0 aliphatic carbocycles. The number of benzene rings is 1. The largest absolute Gasteiger partial charge is 0.395 e. The van der Waals surface area contributed by atoms with Crippen LogP contribution in [0.4, 0.5) is 0 Å². The molecular weight excluding hydrogens is 198 g/mol. The molecule has 0 amide bonds. The number of aliphatic hydroxyl groups excluding tert-OH is 1. The van der Waals surface area contributed by atoms with Crippen LogP contribution in [0.1, 0.15) is 18.1 Å². The molecule has 1 rings (SSSR count). The molecule has 14 heavy (non-hydrogen) atoms. The zero-order valence-corrected chi connectivity index (χ0v) is 9.30. The number of nitrogens with one attached hydrogen (secondary N) is 1. The Hall–Kier alpha value is -0.570. The van der Waals surface area contributed by atoms with E-state index in [4.69, 9.17) is 16.7 Å². The third-order valence-electron chi connectivity index (χ3n) is 2.29. The smallest absolute Gasteiger partial charge is 0.0582 e. The summed E-state index contributed by atoms with van der Waals surface area (Å²) in [5, 5.41) is 12.8. The van der Waals surface area contributed by atoms with E-state index in [0.29, 0.717) is 0 Å². The lowest BCUT2D eigenvalue weighted by atomic mass is 10.1. The maximum Gasteiger partial charge on any atom is 0.0582 e. The molecule has 0 saturated carbocycles. The second kappa shape index (κ2) is 5.35. The van der Waals surface area contributed by atoms with E-state index in [-0.39, 0.29) is 12.6 Å². The number of halogens is 1. The summed E-state index contributed by atoms with van der Waals surface area (Å²) in [7, 11) is 0. The van der Waals surface area contributed by atoms with E-state index >= 15 is 0 Å². The van der Waals surface area contributed by atoms with Gasteiger partial charge in [0.15, 0.2) is 0 Å². The Morgan fingerprint density at radius 2 is 2.21 bits per heavy atom. The van der Waals surface area contributed by atoms with E-state index in [9.17, 15) is 0 Å². The Morgan fingerprint density at radius 1 is 1.50 bits per heavy atom. The van der Waals surface area contributed by atoms with Crippen LogP contribution in [-0.2, 0) is 6.54 Å². The fourth-order valence-corrected chi connectivity index (χ4v) is 1.39. The van der Waals surface area contributed by atoms with Gasteiger partial charge < -0.3 is 10.4 Å². The lowest BCUT2D eigenvalue weighted by molar-refractivity contribution is 0.251. The zero-order valence-electron chi connectivity index (χ0n) is 8.55. The molecule has 0 heterocycles. The molecule has 0 radical (unpaired) electrons. The van der Waals surface area contributed by atoms with E-state index < -0.39 is 0 Å². The molecule has 1 aromatic rings. The van der Waals surface area contributed by atoms with Crippen LogP contribution in [-0.4, -0.2) is 17.8 Å². The molecule has 0 aliphatic rings. The van der Waals surface area contributed by atoms with Crippen molar-refractivity contribution in [3.05, 3.63) is 34.3 Å². The van der Waals surface area contributed by atoms with Crippen LogP contribution >= 0.6 is 11.6 Å². The first-order valence-electron chi connectivity index (χ1n) is 4.73. The van der Waals surface area contributed by atoms with Crippen molar-refractivity contribution in [3.63, 3.8) is 0 Å². The molecule has 0 aromatic heterocycles.